The highest BCUT2D eigenvalue weighted by Gasteiger charge is 2.10. The second-order valence-electron chi connectivity index (χ2n) is 4.26. The summed E-state index contributed by atoms with van der Waals surface area (Å²) in [6.07, 6.45) is 0. The Morgan fingerprint density at radius 3 is 1.38 bits per heavy atom. The molecule has 0 amide bonds. The minimum atomic E-state index is 0.709. The van der Waals surface area contributed by atoms with Gasteiger partial charge in [0, 0.05) is 12.1 Å². The highest BCUT2D eigenvalue weighted by molar-refractivity contribution is 5.73. The molecule has 5 heteroatoms. The standard InChI is InChI=1S/C16H19NO4/c1-18-11-5-7-15(20-3)13(9-11)17-14-10-12(19-2)6-8-16(14)21-4/h5-10,17H,1-4H3. The lowest BCUT2D eigenvalue weighted by atomic mass is 10.2. The Morgan fingerprint density at radius 2 is 1.05 bits per heavy atom. The lowest BCUT2D eigenvalue weighted by Crippen LogP contribution is -1.98. The Kier molecular flexibility index (Phi) is 4.77. The summed E-state index contributed by atoms with van der Waals surface area (Å²) in [4.78, 5) is 0. The largest absolute Gasteiger partial charge is 0.497 e. The summed E-state index contributed by atoms with van der Waals surface area (Å²) in [6.45, 7) is 0. The molecule has 0 aliphatic heterocycles. The van der Waals surface area contributed by atoms with E-state index in [9.17, 15) is 0 Å². The van der Waals surface area contributed by atoms with Gasteiger partial charge < -0.3 is 24.3 Å². The summed E-state index contributed by atoms with van der Waals surface area (Å²) >= 11 is 0. The molecule has 0 spiro atoms. The first-order valence-electron chi connectivity index (χ1n) is 6.43. The van der Waals surface area contributed by atoms with E-state index in [-0.39, 0.29) is 0 Å². The third-order valence-electron chi connectivity index (χ3n) is 3.08. The van der Waals surface area contributed by atoms with Crippen LogP contribution in [0, 0.1) is 0 Å². The number of hydrogen-bond donors (Lipinski definition) is 1. The van der Waals surface area contributed by atoms with Crippen LogP contribution in [0.2, 0.25) is 0 Å². The highest BCUT2D eigenvalue weighted by atomic mass is 16.5. The van der Waals surface area contributed by atoms with Crippen LogP contribution >= 0.6 is 0 Å². The van der Waals surface area contributed by atoms with Crippen LogP contribution in [0.3, 0.4) is 0 Å². The third-order valence-corrected chi connectivity index (χ3v) is 3.08. The summed E-state index contributed by atoms with van der Waals surface area (Å²) in [7, 11) is 6.49. The number of nitrogens with one attached hydrogen (secondary N) is 1. The van der Waals surface area contributed by atoms with Crippen molar-refractivity contribution >= 4 is 11.4 Å². The molecule has 0 unspecified atom stereocenters. The van der Waals surface area contributed by atoms with Crippen molar-refractivity contribution in [1.29, 1.82) is 0 Å². The topological polar surface area (TPSA) is 49.0 Å². The van der Waals surface area contributed by atoms with E-state index in [0.29, 0.717) is 11.5 Å². The van der Waals surface area contributed by atoms with Crippen LogP contribution in [0.5, 0.6) is 23.0 Å². The first-order chi connectivity index (χ1) is 10.2. The first kappa shape index (κ1) is 14.8. The van der Waals surface area contributed by atoms with Crippen LogP contribution < -0.4 is 24.3 Å². The maximum absolute atomic E-state index is 5.36. The number of benzene rings is 2. The molecule has 0 heterocycles. The van der Waals surface area contributed by atoms with Gasteiger partial charge in [-0.15, -0.1) is 0 Å². The van der Waals surface area contributed by atoms with Gasteiger partial charge in [0.25, 0.3) is 0 Å². The lowest BCUT2D eigenvalue weighted by molar-refractivity contribution is 0.403. The van der Waals surface area contributed by atoms with E-state index in [0.717, 1.165) is 22.9 Å². The van der Waals surface area contributed by atoms with Gasteiger partial charge in [0.15, 0.2) is 0 Å². The molecule has 0 fully saturated rings. The average molecular weight is 289 g/mol. The van der Waals surface area contributed by atoms with Crippen molar-refractivity contribution in [3.8, 4) is 23.0 Å². The van der Waals surface area contributed by atoms with Crippen molar-refractivity contribution in [2.45, 2.75) is 0 Å². The molecular weight excluding hydrogens is 270 g/mol. The summed E-state index contributed by atoms with van der Waals surface area (Å²) in [6, 6.07) is 11.1. The zero-order valence-electron chi connectivity index (χ0n) is 12.6. The van der Waals surface area contributed by atoms with Gasteiger partial charge in [-0.25, -0.2) is 0 Å². The fourth-order valence-electron chi connectivity index (χ4n) is 1.97. The van der Waals surface area contributed by atoms with Crippen molar-refractivity contribution in [3.05, 3.63) is 36.4 Å². The van der Waals surface area contributed by atoms with E-state index in [1.165, 1.54) is 0 Å². The minimum Gasteiger partial charge on any atom is -0.497 e. The lowest BCUT2D eigenvalue weighted by Gasteiger charge is -2.15. The van der Waals surface area contributed by atoms with Crippen LogP contribution in [-0.4, -0.2) is 28.4 Å². The van der Waals surface area contributed by atoms with Gasteiger partial charge in [-0.1, -0.05) is 0 Å². The van der Waals surface area contributed by atoms with Gasteiger partial charge in [-0.05, 0) is 24.3 Å². The van der Waals surface area contributed by atoms with Crippen LogP contribution in [0.15, 0.2) is 36.4 Å². The number of rotatable bonds is 6. The van der Waals surface area contributed by atoms with E-state index in [1.54, 1.807) is 28.4 Å². The molecule has 112 valence electrons. The van der Waals surface area contributed by atoms with E-state index in [2.05, 4.69) is 5.32 Å². The molecule has 0 bridgehead atoms. The summed E-state index contributed by atoms with van der Waals surface area (Å²) in [5.41, 5.74) is 1.56. The predicted molar refractivity (Wildman–Crippen MR) is 82.4 cm³/mol. The minimum absolute atomic E-state index is 0.709. The molecule has 2 aromatic carbocycles. The van der Waals surface area contributed by atoms with Crippen LogP contribution in [-0.2, 0) is 0 Å². The van der Waals surface area contributed by atoms with Crippen molar-refractivity contribution in [1.82, 2.24) is 0 Å². The van der Waals surface area contributed by atoms with Crippen LogP contribution in [0.1, 0.15) is 0 Å². The maximum atomic E-state index is 5.36. The molecule has 2 aromatic rings. The molecule has 0 aliphatic rings. The fraction of sp³-hybridized carbons (Fsp3) is 0.250. The van der Waals surface area contributed by atoms with E-state index in [1.807, 2.05) is 36.4 Å². The normalized spacial score (nSPS) is 9.90. The molecule has 0 radical (unpaired) electrons. The third kappa shape index (κ3) is 3.31. The van der Waals surface area contributed by atoms with Crippen molar-refractivity contribution < 1.29 is 18.9 Å². The Morgan fingerprint density at radius 1 is 0.619 bits per heavy atom. The molecule has 1 N–H and O–H groups in total. The second kappa shape index (κ2) is 6.74. The van der Waals surface area contributed by atoms with Crippen LogP contribution in [0.25, 0.3) is 0 Å². The van der Waals surface area contributed by atoms with Gasteiger partial charge in [0.2, 0.25) is 0 Å². The van der Waals surface area contributed by atoms with Gasteiger partial charge in [0.1, 0.15) is 23.0 Å². The van der Waals surface area contributed by atoms with E-state index >= 15 is 0 Å². The van der Waals surface area contributed by atoms with Crippen molar-refractivity contribution in [3.63, 3.8) is 0 Å². The zero-order chi connectivity index (χ0) is 15.2. The SMILES string of the molecule is COc1ccc(OC)c(Nc2cc(OC)ccc2OC)c1. The van der Waals surface area contributed by atoms with E-state index in [4.69, 9.17) is 18.9 Å². The van der Waals surface area contributed by atoms with E-state index < -0.39 is 0 Å². The molecule has 5 nitrogen and oxygen atoms in total. The Bertz CT molecular complexity index is 560. The zero-order valence-corrected chi connectivity index (χ0v) is 12.6. The smallest absolute Gasteiger partial charge is 0.142 e. The maximum Gasteiger partial charge on any atom is 0.142 e. The summed E-state index contributed by atoms with van der Waals surface area (Å²) < 4.78 is 21.2. The molecule has 0 saturated carbocycles. The molecule has 2 rings (SSSR count). The molecule has 0 aliphatic carbocycles. The molecular formula is C16H19NO4. The Balaban J connectivity index is 2.40. The summed E-state index contributed by atoms with van der Waals surface area (Å²) in [5, 5.41) is 3.28. The predicted octanol–water partition coefficient (Wildman–Crippen LogP) is 3.46. The monoisotopic (exact) mass is 289 g/mol. The molecule has 0 saturated heterocycles. The second-order valence-corrected chi connectivity index (χ2v) is 4.26. The quantitative estimate of drug-likeness (QED) is 0.882. The Labute approximate surface area is 124 Å². The van der Waals surface area contributed by atoms with Crippen molar-refractivity contribution in [2.24, 2.45) is 0 Å². The number of ether oxygens (including phenoxy) is 4. The fourth-order valence-corrected chi connectivity index (χ4v) is 1.97. The van der Waals surface area contributed by atoms with Gasteiger partial charge in [-0.3, -0.25) is 0 Å². The highest BCUT2D eigenvalue weighted by Crippen LogP contribution is 2.36. The van der Waals surface area contributed by atoms with Crippen molar-refractivity contribution in [2.75, 3.05) is 33.8 Å². The number of hydrogen-bond acceptors (Lipinski definition) is 5. The van der Waals surface area contributed by atoms with Gasteiger partial charge in [0.05, 0.1) is 39.8 Å². The van der Waals surface area contributed by atoms with Gasteiger partial charge in [-0.2, -0.15) is 0 Å². The average Bonchev–Trinajstić information content (AvgIpc) is 2.54. The molecule has 0 atom stereocenters. The number of anilines is 2. The van der Waals surface area contributed by atoms with Crippen LogP contribution in [0.4, 0.5) is 11.4 Å². The molecule has 21 heavy (non-hydrogen) atoms. The Hall–Kier alpha value is -2.56. The first-order valence-corrected chi connectivity index (χ1v) is 6.43. The summed E-state index contributed by atoms with van der Waals surface area (Å²) in [5.74, 6) is 2.89. The number of methoxy groups -OCH3 is 4. The van der Waals surface area contributed by atoms with Gasteiger partial charge >= 0.3 is 0 Å². The molecule has 0 aromatic heterocycles.